The van der Waals surface area contributed by atoms with Gasteiger partial charge in [0, 0.05) is 13.1 Å². The monoisotopic (exact) mass is 231 g/mol. The first-order chi connectivity index (χ1) is 7.06. The van der Waals surface area contributed by atoms with E-state index in [2.05, 4.69) is 10.4 Å². The van der Waals surface area contributed by atoms with Gasteiger partial charge in [0.05, 0.1) is 18.0 Å². The van der Waals surface area contributed by atoms with Crippen LogP contribution in [0.5, 0.6) is 0 Å². The molecule has 0 aliphatic heterocycles. The maximum atomic E-state index is 11.5. The number of rotatable bonds is 4. The van der Waals surface area contributed by atoms with Crippen LogP contribution in [0.3, 0.4) is 0 Å². The highest BCUT2D eigenvalue weighted by Gasteiger charge is 2.08. The van der Waals surface area contributed by atoms with E-state index in [0.29, 0.717) is 18.8 Å². The van der Waals surface area contributed by atoms with Crippen molar-refractivity contribution in [2.45, 2.75) is 26.5 Å². The molecule has 1 rings (SSSR count). The highest BCUT2D eigenvalue weighted by Crippen LogP contribution is 2.14. The second-order valence-electron chi connectivity index (χ2n) is 3.22. The molecule has 1 heterocycles. The summed E-state index contributed by atoms with van der Waals surface area (Å²) in [5.74, 6) is 0. The summed E-state index contributed by atoms with van der Waals surface area (Å²) in [5, 5.41) is 15.9. The van der Waals surface area contributed by atoms with Gasteiger partial charge in [0.2, 0.25) is 0 Å². The molecule has 1 unspecified atom stereocenters. The van der Waals surface area contributed by atoms with Crippen LogP contribution in [0.15, 0.2) is 11.0 Å². The lowest BCUT2D eigenvalue weighted by Crippen LogP contribution is -2.24. The number of aliphatic hydroxyl groups excluding tert-OH is 1. The fraction of sp³-hybridized carbons (Fsp3) is 0.556. The second kappa shape index (κ2) is 5.14. The largest absolute Gasteiger partial charge is 0.392 e. The third-order valence-electron chi connectivity index (χ3n) is 1.87. The molecule has 15 heavy (non-hydrogen) atoms. The summed E-state index contributed by atoms with van der Waals surface area (Å²) in [6.07, 6.45) is 0.977. The van der Waals surface area contributed by atoms with Gasteiger partial charge in [-0.25, -0.2) is 4.68 Å². The van der Waals surface area contributed by atoms with Crippen LogP contribution in [0.2, 0.25) is 5.02 Å². The third-order valence-corrected chi connectivity index (χ3v) is 2.24. The number of anilines is 1. The fourth-order valence-corrected chi connectivity index (χ4v) is 1.28. The van der Waals surface area contributed by atoms with Gasteiger partial charge in [0.1, 0.15) is 5.02 Å². The van der Waals surface area contributed by atoms with Crippen molar-refractivity contribution in [2.75, 3.05) is 11.9 Å². The van der Waals surface area contributed by atoms with Crippen LogP contribution in [-0.4, -0.2) is 27.5 Å². The van der Waals surface area contributed by atoms with Gasteiger partial charge in [-0.2, -0.15) is 5.10 Å². The SMILES string of the molecule is CCn1ncc(NCC(C)O)c(Cl)c1=O. The van der Waals surface area contributed by atoms with Gasteiger partial charge in [0.25, 0.3) is 5.56 Å². The Bertz CT molecular complexity index is 389. The zero-order chi connectivity index (χ0) is 11.4. The van der Waals surface area contributed by atoms with Crippen molar-refractivity contribution in [3.8, 4) is 0 Å². The number of aryl methyl sites for hydroxylation is 1. The van der Waals surface area contributed by atoms with Crippen LogP contribution in [0.1, 0.15) is 13.8 Å². The molecule has 5 nitrogen and oxygen atoms in total. The van der Waals surface area contributed by atoms with E-state index in [1.807, 2.05) is 6.92 Å². The van der Waals surface area contributed by atoms with Crippen molar-refractivity contribution in [1.82, 2.24) is 9.78 Å². The van der Waals surface area contributed by atoms with Gasteiger partial charge in [-0.15, -0.1) is 0 Å². The van der Waals surface area contributed by atoms with Gasteiger partial charge in [0.15, 0.2) is 0 Å². The van der Waals surface area contributed by atoms with Gasteiger partial charge in [-0.1, -0.05) is 11.6 Å². The molecule has 1 aromatic heterocycles. The average Bonchev–Trinajstić information content (AvgIpc) is 2.20. The zero-order valence-electron chi connectivity index (χ0n) is 8.70. The van der Waals surface area contributed by atoms with Gasteiger partial charge >= 0.3 is 0 Å². The minimum atomic E-state index is -0.505. The molecule has 1 aromatic rings. The molecule has 0 radical (unpaired) electrons. The van der Waals surface area contributed by atoms with E-state index in [0.717, 1.165) is 0 Å². The van der Waals surface area contributed by atoms with E-state index in [-0.39, 0.29) is 10.6 Å². The van der Waals surface area contributed by atoms with E-state index in [4.69, 9.17) is 16.7 Å². The van der Waals surface area contributed by atoms with Crippen LogP contribution in [-0.2, 0) is 6.54 Å². The topological polar surface area (TPSA) is 67.2 Å². The van der Waals surface area contributed by atoms with Crippen LogP contribution in [0, 0.1) is 0 Å². The Morgan fingerprint density at radius 1 is 1.73 bits per heavy atom. The van der Waals surface area contributed by atoms with Gasteiger partial charge < -0.3 is 10.4 Å². The number of aliphatic hydroxyl groups is 1. The van der Waals surface area contributed by atoms with Crippen molar-refractivity contribution in [3.05, 3.63) is 21.6 Å². The molecule has 0 aromatic carbocycles. The number of aromatic nitrogens is 2. The highest BCUT2D eigenvalue weighted by molar-refractivity contribution is 6.32. The average molecular weight is 232 g/mol. The number of nitrogens with one attached hydrogen (secondary N) is 1. The summed E-state index contributed by atoms with van der Waals surface area (Å²) >= 11 is 5.84. The highest BCUT2D eigenvalue weighted by atomic mass is 35.5. The Morgan fingerprint density at radius 3 is 2.93 bits per heavy atom. The standard InChI is InChI=1S/C9H14ClN3O2/c1-3-13-9(15)8(10)7(5-12-13)11-4-6(2)14/h5-6,11,14H,3-4H2,1-2H3. The number of nitrogens with zero attached hydrogens (tertiary/aromatic N) is 2. The fourth-order valence-electron chi connectivity index (χ4n) is 1.07. The molecular weight excluding hydrogens is 218 g/mol. The summed E-state index contributed by atoms with van der Waals surface area (Å²) in [6.45, 7) is 4.27. The predicted octanol–water partition coefficient (Wildman–Crippen LogP) is 0.709. The van der Waals surface area contributed by atoms with Crippen LogP contribution in [0.25, 0.3) is 0 Å². The van der Waals surface area contributed by atoms with Crippen LogP contribution in [0.4, 0.5) is 5.69 Å². The quantitative estimate of drug-likeness (QED) is 0.801. The van der Waals surface area contributed by atoms with Crippen LogP contribution < -0.4 is 10.9 Å². The van der Waals surface area contributed by atoms with E-state index in [1.165, 1.54) is 10.9 Å². The minimum Gasteiger partial charge on any atom is -0.392 e. The van der Waals surface area contributed by atoms with E-state index >= 15 is 0 Å². The molecule has 0 saturated heterocycles. The molecule has 84 valence electrons. The number of hydrogen-bond acceptors (Lipinski definition) is 4. The third kappa shape index (κ3) is 2.94. The minimum absolute atomic E-state index is 0.104. The normalized spacial score (nSPS) is 12.5. The molecule has 0 spiro atoms. The summed E-state index contributed by atoms with van der Waals surface area (Å²) in [7, 11) is 0. The molecule has 1 atom stereocenters. The molecule has 0 aliphatic carbocycles. The molecular formula is C9H14ClN3O2. The summed E-state index contributed by atoms with van der Waals surface area (Å²) < 4.78 is 1.27. The Kier molecular flexibility index (Phi) is 4.11. The summed E-state index contributed by atoms with van der Waals surface area (Å²) in [4.78, 5) is 11.5. The number of hydrogen-bond donors (Lipinski definition) is 2. The Hall–Kier alpha value is -1.07. The molecule has 0 fully saturated rings. The number of halogens is 1. The Morgan fingerprint density at radius 2 is 2.40 bits per heavy atom. The maximum Gasteiger partial charge on any atom is 0.287 e. The van der Waals surface area contributed by atoms with Gasteiger partial charge in [-0.05, 0) is 13.8 Å². The molecule has 0 saturated carbocycles. The first-order valence-electron chi connectivity index (χ1n) is 4.73. The predicted molar refractivity (Wildman–Crippen MR) is 59.4 cm³/mol. The molecule has 0 amide bonds. The summed E-state index contributed by atoms with van der Waals surface area (Å²) in [5.41, 5.74) is 0.127. The van der Waals surface area contributed by atoms with E-state index in [9.17, 15) is 4.79 Å². The smallest absolute Gasteiger partial charge is 0.287 e. The Balaban J connectivity index is 2.92. The van der Waals surface area contributed by atoms with Crippen molar-refractivity contribution in [3.63, 3.8) is 0 Å². The van der Waals surface area contributed by atoms with Crippen molar-refractivity contribution in [1.29, 1.82) is 0 Å². The Labute approximate surface area is 92.7 Å². The lowest BCUT2D eigenvalue weighted by atomic mass is 10.4. The lowest BCUT2D eigenvalue weighted by molar-refractivity contribution is 0.208. The van der Waals surface area contributed by atoms with Gasteiger partial charge in [-0.3, -0.25) is 4.79 Å². The zero-order valence-corrected chi connectivity index (χ0v) is 9.45. The van der Waals surface area contributed by atoms with Crippen molar-refractivity contribution >= 4 is 17.3 Å². The first kappa shape index (κ1) is 12.0. The van der Waals surface area contributed by atoms with E-state index < -0.39 is 6.10 Å². The molecule has 0 aliphatic rings. The second-order valence-corrected chi connectivity index (χ2v) is 3.60. The first-order valence-corrected chi connectivity index (χ1v) is 5.11. The molecule has 6 heteroatoms. The van der Waals surface area contributed by atoms with E-state index in [1.54, 1.807) is 6.92 Å². The lowest BCUT2D eigenvalue weighted by Gasteiger charge is -2.10. The van der Waals surface area contributed by atoms with Crippen LogP contribution >= 0.6 is 11.6 Å². The molecule has 2 N–H and O–H groups in total. The molecule has 0 bridgehead atoms. The van der Waals surface area contributed by atoms with Crippen molar-refractivity contribution in [2.24, 2.45) is 0 Å². The summed E-state index contributed by atoms with van der Waals surface area (Å²) in [6, 6.07) is 0. The maximum absolute atomic E-state index is 11.5. The van der Waals surface area contributed by atoms with Crippen molar-refractivity contribution < 1.29 is 5.11 Å².